The molecule has 1 aromatic heterocycles. The molecule has 0 unspecified atom stereocenters. The van der Waals surface area contributed by atoms with E-state index in [-0.39, 0.29) is 5.75 Å². The van der Waals surface area contributed by atoms with E-state index in [1.807, 2.05) is 60.7 Å². The van der Waals surface area contributed by atoms with Crippen molar-refractivity contribution in [3.63, 3.8) is 0 Å². The largest absolute Gasteiger partial charge is 0.223 e. The molecule has 3 rings (SSSR count). The van der Waals surface area contributed by atoms with Crippen LogP contribution in [0.15, 0.2) is 88.5 Å². The normalized spacial score (nSPS) is 11.1. The lowest BCUT2D eigenvalue weighted by molar-refractivity contribution is 0.601. The van der Waals surface area contributed by atoms with Gasteiger partial charge in [0.15, 0.2) is 9.84 Å². The Morgan fingerprint density at radius 3 is 1.87 bits per heavy atom. The highest BCUT2D eigenvalue weighted by Crippen LogP contribution is 2.25. The van der Waals surface area contributed by atoms with Crippen LogP contribution in [0.2, 0.25) is 0 Å². The summed E-state index contributed by atoms with van der Waals surface area (Å²) >= 11 is 1.26. The van der Waals surface area contributed by atoms with Gasteiger partial charge in [0.2, 0.25) is 0 Å². The third-order valence-electron chi connectivity index (χ3n) is 3.48. The van der Waals surface area contributed by atoms with Crippen molar-refractivity contribution in [3.05, 3.63) is 95.4 Å². The molecule has 0 bridgehead atoms. The highest BCUT2D eigenvalue weighted by atomic mass is 32.2. The zero-order valence-corrected chi connectivity index (χ0v) is 14.1. The maximum atomic E-state index is 12.4. The van der Waals surface area contributed by atoms with E-state index >= 15 is 0 Å². The third kappa shape index (κ3) is 3.78. The Labute approximate surface area is 140 Å². The highest BCUT2D eigenvalue weighted by Gasteiger charge is 2.15. The van der Waals surface area contributed by atoms with E-state index in [0.717, 1.165) is 16.7 Å². The molecule has 0 fully saturated rings. The average molecular weight is 340 g/mol. The van der Waals surface area contributed by atoms with Crippen molar-refractivity contribution in [1.29, 1.82) is 0 Å². The number of hydrogen-bond acceptors (Lipinski definition) is 3. The molecule has 2 aromatic carbocycles. The van der Waals surface area contributed by atoms with Crippen LogP contribution in [0, 0.1) is 0 Å². The molecule has 0 amide bonds. The van der Waals surface area contributed by atoms with E-state index in [1.54, 1.807) is 23.6 Å². The van der Waals surface area contributed by atoms with E-state index in [4.69, 9.17) is 0 Å². The predicted molar refractivity (Wildman–Crippen MR) is 96.3 cm³/mol. The van der Waals surface area contributed by atoms with Crippen LogP contribution in [0.5, 0.6) is 0 Å². The van der Waals surface area contributed by atoms with E-state index in [1.165, 1.54) is 11.3 Å². The molecular formula is C19H16O2S2. The van der Waals surface area contributed by atoms with Crippen LogP contribution >= 0.6 is 11.3 Å². The van der Waals surface area contributed by atoms with Gasteiger partial charge in [-0.2, -0.15) is 0 Å². The molecule has 0 N–H and O–H groups in total. The van der Waals surface area contributed by atoms with E-state index in [2.05, 4.69) is 0 Å². The number of rotatable bonds is 5. The van der Waals surface area contributed by atoms with Crippen LogP contribution in [-0.4, -0.2) is 14.2 Å². The van der Waals surface area contributed by atoms with Gasteiger partial charge in [-0.15, -0.1) is 11.3 Å². The third-order valence-corrected chi connectivity index (χ3v) is 6.54. The summed E-state index contributed by atoms with van der Waals surface area (Å²) in [5.41, 5.74) is 2.96. The summed E-state index contributed by atoms with van der Waals surface area (Å²) in [6.45, 7) is 0. The first-order valence-corrected chi connectivity index (χ1v) is 9.77. The number of sulfone groups is 1. The van der Waals surface area contributed by atoms with Gasteiger partial charge >= 0.3 is 0 Å². The molecular weight excluding hydrogens is 324 g/mol. The maximum absolute atomic E-state index is 12.4. The molecule has 0 atom stereocenters. The van der Waals surface area contributed by atoms with Crippen molar-refractivity contribution in [3.8, 4) is 0 Å². The molecule has 116 valence electrons. The minimum Gasteiger partial charge on any atom is -0.223 e. The lowest BCUT2D eigenvalue weighted by Gasteiger charge is -2.09. The first-order chi connectivity index (χ1) is 11.2. The summed E-state index contributed by atoms with van der Waals surface area (Å²) in [6, 6.07) is 23.1. The molecule has 0 aliphatic rings. The molecule has 1 heterocycles. The summed E-state index contributed by atoms with van der Waals surface area (Å²) in [5.74, 6) is -0.00731. The van der Waals surface area contributed by atoms with Crippen LogP contribution in [0.1, 0.15) is 11.1 Å². The minimum absolute atomic E-state index is 0.00731. The van der Waals surface area contributed by atoms with Gasteiger partial charge in [0.25, 0.3) is 0 Å². The molecule has 2 nitrogen and oxygen atoms in total. The maximum Gasteiger partial charge on any atom is 0.191 e. The van der Waals surface area contributed by atoms with Crippen molar-refractivity contribution < 1.29 is 8.42 Å². The second kappa shape index (κ2) is 6.94. The number of thiophene rings is 1. The van der Waals surface area contributed by atoms with Crippen molar-refractivity contribution in [2.24, 2.45) is 0 Å². The van der Waals surface area contributed by atoms with Gasteiger partial charge in [-0.05, 0) is 28.1 Å². The van der Waals surface area contributed by atoms with E-state index in [9.17, 15) is 8.42 Å². The summed E-state index contributed by atoms with van der Waals surface area (Å²) in [4.78, 5) is 0. The lowest BCUT2D eigenvalue weighted by Crippen LogP contribution is -2.03. The van der Waals surface area contributed by atoms with Gasteiger partial charge < -0.3 is 0 Å². The second-order valence-corrected chi connectivity index (χ2v) is 8.27. The van der Waals surface area contributed by atoms with Crippen LogP contribution < -0.4 is 0 Å². The van der Waals surface area contributed by atoms with E-state index in [0.29, 0.717) is 4.21 Å². The van der Waals surface area contributed by atoms with Gasteiger partial charge in [0, 0.05) is 0 Å². The Morgan fingerprint density at radius 1 is 0.826 bits per heavy atom. The summed E-state index contributed by atoms with van der Waals surface area (Å²) in [5, 5.41) is 1.78. The van der Waals surface area contributed by atoms with Crippen molar-refractivity contribution in [2.45, 2.75) is 4.21 Å². The lowest BCUT2D eigenvalue weighted by atomic mass is 9.98. The zero-order chi connectivity index (χ0) is 16.1. The summed E-state index contributed by atoms with van der Waals surface area (Å²) < 4.78 is 25.3. The molecule has 4 heteroatoms. The van der Waals surface area contributed by atoms with Gasteiger partial charge in [0.05, 0.1) is 5.75 Å². The molecule has 0 saturated heterocycles. The SMILES string of the molecule is O=S(=O)(CC=C(c1ccccc1)c1ccccc1)c1cccs1. The van der Waals surface area contributed by atoms with Crippen LogP contribution in [0.3, 0.4) is 0 Å². The molecule has 0 saturated carbocycles. The van der Waals surface area contributed by atoms with Crippen molar-refractivity contribution in [1.82, 2.24) is 0 Å². The molecule has 0 radical (unpaired) electrons. The average Bonchev–Trinajstić information content (AvgIpc) is 3.12. The Hall–Kier alpha value is -2.17. The van der Waals surface area contributed by atoms with E-state index < -0.39 is 9.84 Å². The Morgan fingerprint density at radius 2 is 1.39 bits per heavy atom. The van der Waals surface area contributed by atoms with Gasteiger partial charge in [0.1, 0.15) is 4.21 Å². The molecule has 0 spiro atoms. The molecule has 23 heavy (non-hydrogen) atoms. The topological polar surface area (TPSA) is 34.1 Å². The second-order valence-electron chi connectivity index (χ2n) is 5.06. The van der Waals surface area contributed by atoms with Gasteiger partial charge in [-0.1, -0.05) is 72.8 Å². The van der Waals surface area contributed by atoms with Gasteiger partial charge in [-0.25, -0.2) is 8.42 Å². The van der Waals surface area contributed by atoms with Crippen molar-refractivity contribution in [2.75, 3.05) is 5.75 Å². The summed E-state index contributed by atoms with van der Waals surface area (Å²) in [7, 11) is -3.29. The zero-order valence-electron chi connectivity index (χ0n) is 12.4. The standard InChI is InChI=1S/C19H16O2S2/c20-23(21,19-12-7-14-22-19)15-13-18(16-8-3-1-4-9-16)17-10-5-2-6-11-17/h1-14H,15H2. The Kier molecular flexibility index (Phi) is 4.74. The first-order valence-electron chi connectivity index (χ1n) is 7.24. The smallest absolute Gasteiger partial charge is 0.191 e. The Bertz CT molecular complexity index is 838. The number of hydrogen-bond donors (Lipinski definition) is 0. The molecule has 0 aliphatic carbocycles. The van der Waals surface area contributed by atoms with Crippen molar-refractivity contribution >= 4 is 26.7 Å². The minimum atomic E-state index is -3.29. The monoisotopic (exact) mass is 340 g/mol. The van der Waals surface area contributed by atoms with Crippen LogP contribution in [0.4, 0.5) is 0 Å². The fourth-order valence-corrected chi connectivity index (χ4v) is 4.60. The quantitative estimate of drug-likeness (QED) is 0.677. The molecule has 0 aliphatic heterocycles. The first kappa shape index (κ1) is 15.7. The highest BCUT2D eigenvalue weighted by molar-refractivity contribution is 7.93. The van der Waals surface area contributed by atoms with Gasteiger partial charge in [-0.3, -0.25) is 0 Å². The number of benzene rings is 2. The van der Waals surface area contributed by atoms with Crippen LogP contribution in [0.25, 0.3) is 5.57 Å². The fraction of sp³-hybridized carbons (Fsp3) is 0.0526. The fourth-order valence-electron chi connectivity index (χ4n) is 2.35. The molecule has 3 aromatic rings. The Balaban J connectivity index is 1.99. The summed E-state index contributed by atoms with van der Waals surface area (Å²) in [6.07, 6.45) is 1.81. The van der Waals surface area contributed by atoms with Crippen LogP contribution in [-0.2, 0) is 9.84 Å². The predicted octanol–water partition coefficient (Wildman–Crippen LogP) is 4.65.